The maximum absolute atomic E-state index is 11.7. The minimum atomic E-state index is 0.0861. The first-order valence-corrected chi connectivity index (χ1v) is 7.20. The van der Waals surface area contributed by atoms with Gasteiger partial charge in [0, 0.05) is 56.0 Å². The predicted octanol–water partition coefficient (Wildman–Crippen LogP) is 0.897. The summed E-state index contributed by atoms with van der Waals surface area (Å²) >= 11 is 0. The Labute approximate surface area is 121 Å². The van der Waals surface area contributed by atoms with Gasteiger partial charge in [-0.15, -0.1) is 0 Å². The van der Waals surface area contributed by atoms with Crippen molar-refractivity contribution < 1.29 is 14.4 Å². The molecule has 0 saturated carbocycles. The van der Waals surface area contributed by atoms with Gasteiger partial charge < -0.3 is 14.7 Å². The molecule has 3 heterocycles. The molecule has 6 heteroatoms. The molecule has 3 aliphatic heterocycles. The average molecular weight is 285 g/mol. The van der Waals surface area contributed by atoms with E-state index in [1.807, 2.05) is 18.2 Å². The summed E-state index contributed by atoms with van der Waals surface area (Å²) in [4.78, 5) is 40.0. The summed E-state index contributed by atoms with van der Waals surface area (Å²) in [6.45, 7) is 2.09. The fourth-order valence-electron chi connectivity index (χ4n) is 2.81. The van der Waals surface area contributed by atoms with Crippen molar-refractivity contribution in [2.75, 3.05) is 34.3 Å². The molecule has 3 aliphatic rings. The van der Waals surface area contributed by atoms with Crippen LogP contribution >= 0.6 is 0 Å². The minimum absolute atomic E-state index is 0.0861. The Morgan fingerprint density at radius 1 is 0.571 bits per heavy atom. The lowest BCUT2D eigenvalue weighted by Crippen LogP contribution is -2.46. The Morgan fingerprint density at radius 2 is 0.857 bits per heavy atom. The van der Waals surface area contributed by atoms with E-state index in [9.17, 15) is 14.4 Å². The first-order chi connectivity index (χ1) is 10.1. The number of anilines is 3. The van der Waals surface area contributed by atoms with Crippen molar-refractivity contribution in [2.45, 2.75) is 19.3 Å². The van der Waals surface area contributed by atoms with Crippen molar-refractivity contribution in [3.8, 4) is 0 Å². The van der Waals surface area contributed by atoms with Gasteiger partial charge in [-0.2, -0.15) is 0 Å². The molecular formula is C15H15N3O3. The third-order valence-electron chi connectivity index (χ3n) is 4.37. The van der Waals surface area contributed by atoms with Gasteiger partial charge in [-0.3, -0.25) is 14.4 Å². The van der Waals surface area contributed by atoms with Crippen LogP contribution in [0.1, 0.15) is 19.3 Å². The van der Waals surface area contributed by atoms with Gasteiger partial charge in [-0.05, 0) is 18.2 Å². The van der Waals surface area contributed by atoms with Crippen molar-refractivity contribution in [2.24, 2.45) is 0 Å². The van der Waals surface area contributed by atoms with Gasteiger partial charge in [0.2, 0.25) is 17.7 Å². The molecule has 4 rings (SSSR count). The van der Waals surface area contributed by atoms with E-state index in [0.717, 1.165) is 17.1 Å². The lowest BCUT2D eigenvalue weighted by Gasteiger charge is -2.37. The molecule has 0 aliphatic carbocycles. The summed E-state index contributed by atoms with van der Waals surface area (Å²) < 4.78 is 0. The van der Waals surface area contributed by atoms with E-state index in [-0.39, 0.29) is 17.7 Å². The zero-order valence-corrected chi connectivity index (χ0v) is 11.5. The SMILES string of the molecule is O=C1CCN1c1cc(N2CCC2=O)cc(N2CCC2=O)c1. The van der Waals surface area contributed by atoms with Gasteiger partial charge in [-0.25, -0.2) is 0 Å². The van der Waals surface area contributed by atoms with E-state index in [0.29, 0.717) is 38.9 Å². The maximum atomic E-state index is 11.7. The molecule has 3 fully saturated rings. The quantitative estimate of drug-likeness (QED) is 0.775. The van der Waals surface area contributed by atoms with Gasteiger partial charge in [-0.1, -0.05) is 0 Å². The van der Waals surface area contributed by atoms with Crippen LogP contribution in [0.2, 0.25) is 0 Å². The molecule has 0 atom stereocenters. The van der Waals surface area contributed by atoms with Crippen LogP contribution in [-0.2, 0) is 14.4 Å². The summed E-state index contributed by atoms with van der Waals surface area (Å²) in [5, 5.41) is 0. The summed E-state index contributed by atoms with van der Waals surface area (Å²) in [5.74, 6) is 0.258. The lowest BCUT2D eigenvalue weighted by atomic mass is 10.1. The highest BCUT2D eigenvalue weighted by Gasteiger charge is 2.32. The Morgan fingerprint density at radius 3 is 1.00 bits per heavy atom. The Balaban J connectivity index is 1.73. The summed E-state index contributed by atoms with van der Waals surface area (Å²) in [6, 6.07) is 5.59. The van der Waals surface area contributed by atoms with Crippen molar-refractivity contribution in [3.63, 3.8) is 0 Å². The average Bonchev–Trinajstić information content (AvgIpc) is 2.42. The third-order valence-corrected chi connectivity index (χ3v) is 4.37. The number of amides is 3. The lowest BCUT2D eigenvalue weighted by molar-refractivity contribution is -0.122. The number of carbonyl (C=O) groups is 3. The first-order valence-electron chi connectivity index (χ1n) is 7.20. The molecule has 0 aromatic heterocycles. The number of carbonyl (C=O) groups excluding carboxylic acids is 3. The molecule has 21 heavy (non-hydrogen) atoms. The van der Waals surface area contributed by atoms with E-state index < -0.39 is 0 Å². The second-order valence-electron chi connectivity index (χ2n) is 5.59. The van der Waals surface area contributed by atoms with Crippen LogP contribution in [-0.4, -0.2) is 37.4 Å². The molecule has 0 radical (unpaired) electrons. The molecule has 3 amide bonds. The molecule has 1 aromatic rings. The van der Waals surface area contributed by atoms with Crippen molar-refractivity contribution in [3.05, 3.63) is 18.2 Å². The Bertz CT molecular complexity index is 567. The third kappa shape index (κ3) is 1.82. The smallest absolute Gasteiger partial charge is 0.228 e. The summed E-state index contributed by atoms with van der Waals surface area (Å²) in [6.07, 6.45) is 1.68. The van der Waals surface area contributed by atoms with Crippen LogP contribution in [0, 0.1) is 0 Å². The highest BCUT2D eigenvalue weighted by atomic mass is 16.2. The molecule has 0 unspecified atom stereocenters. The highest BCUT2D eigenvalue weighted by molar-refractivity contribution is 6.05. The van der Waals surface area contributed by atoms with E-state index >= 15 is 0 Å². The number of nitrogens with zero attached hydrogens (tertiary/aromatic N) is 3. The van der Waals surface area contributed by atoms with E-state index in [4.69, 9.17) is 0 Å². The van der Waals surface area contributed by atoms with Crippen molar-refractivity contribution in [1.29, 1.82) is 0 Å². The zero-order valence-electron chi connectivity index (χ0n) is 11.5. The molecular weight excluding hydrogens is 270 g/mol. The molecule has 108 valence electrons. The fraction of sp³-hybridized carbons (Fsp3) is 0.400. The molecule has 0 spiro atoms. The topological polar surface area (TPSA) is 60.9 Å². The second-order valence-corrected chi connectivity index (χ2v) is 5.59. The number of benzene rings is 1. The second kappa shape index (κ2) is 4.31. The van der Waals surface area contributed by atoms with Gasteiger partial charge in [0.15, 0.2) is 0 Å². The van der Waals surface area contributed by atoms with Gasteiger partial charge in [0.05, 0.1) is 0 Å². The fourth-order valence-corrected chi connectivity index (χ4v) is 2.81. The van der Waals surface area contributed by atoms with Gasteiger partial charge in [0.1, 0.15) is 0 Å². The Hall–Kier alpha value is -2.37. The van der Waals surface area contributed by atoms with E-state index in [2.05, 4.69) is 0 Å². The number of rotatable bonds is 3. The van der Waals surface area contributed by atoms with Crippen LogP contribution in [0.4, 0.5) is 17.1 Å². The number of β-lactam (4-membered cyclic amide) rings is 3. The minimum Gasteiger partial charge on any atom is -0.312 e. The standard InChI is InChI=1S/C15H15N3O3/c19-13-1-4-16(13)10-7-11(17-5-2-14(17)20)9-12(8-10)18-6-3-15(18)21/h7-9H,1-6H2. The monoisotopic (exact) mass is 285 g/mol. The van der Waals surface area contributed by atoms with Crippen LogP contribution in [0.3, 0.4) is 0 Å². The number of hydrogen-bond donors (Lipinski definition) is 0. The van der Waals surface area contributed by atoms with Crippen LogP contribution in [0.15, 0.2) is 18.2 Å². The zero-order chi connectivity index (χ0) is 14.6. The molecule has 0 N–H and O–H groups in total. The van der Waals surface area contributed by atoms with Crippen molar-refractivity contribution in [1.82, 2.24) is 0 Å². The number of hydrogen-bond acceptors (Lipinski definition) is 3. The largest absolute Gasteiger partial charge is 0.312 e. The molecule has 0 bridgehead atoms. The highest BCUT2D eigenvalue weighted by Crippen LogP contribution is 2.36. The van der Waals surface area contributed by atoms with Gasteiger partial charge in [0.25, 0.3) is 0 Å². The summed E-state index contributed by atoms with van der Waals surface area (Å²) in [5.41, 5.74) is 2.33. The van der Waals surface area contributed by atoms with Crippen LogP contribution < -0.4 is 14.7 Å². The molecule has 1 aromatic carbocycles. The van der Waals surface area contributed by atoms with E-state index in [1.165, 1.54) is 0 Å². The molecule has 6 nitrogen and oxygen atoms in total. The van der Waals surface area contributed by atoms with E-state index in [1.54, 1.807) is 14.7 Å². The summed E-state index contributed by atoms with van der Waals surface area (Å²) in [7, 11) is 0. The maximum Gasteiger partial charge on any atom is 0.228 e. The predicted molar refractivity (Wildman–Crippen MR) is 77.4 cm³/mol. The normalized spacial score (nSPS) is 21.1. The van der Waals surface area contributed by atoms with Crippen LogP contribution in [0.25, 0.3) is 0 Å². The van der Waals surface area contributed by atoms with Gasteiger partial charge >= 0.3 is 0 Å². The van der Waals surface area contributed by atoms with Crippen molar-refractivity contribution >= 4 is 34.8 Å². The first kappa shape index (κ1) is 12.4. The molecule has 3 saturated heterocycles. The van der Waals surface area contributed by atoms with Crippen LogP contribution in [0.5, 0.6) is 0 Å². The Kier molecular flexibility index (Phi) is 2.54.